The second-order valence-corrected chi connectivity index (χ2v) is 8.43. The maximum absolute atomic E-state index is 12.5. The molecule has 5 nitrogen and oxygen atoms in total. The van der Waals surface area contributed by atoms with E-state index in [1.54, 1.807) is 36.4 Å². The van der Waals surface area contributed by atoms with Crippen LogP contribution in [0, 0.1) is 27.7 Å². The highest BCUT2D eigenvalue weighted by atomic mass is 32.2. The van der Waals surface area contributed by atoms with E-state index in [4.69, 9.17) is 0 Å². The van der Waals surface area contributed by atoms with Gasteiger partial charge in [0, 0.05) is 5.69 Å². The van der Waals surface area contributed by atoms with Gasteiger partial charge in [-0.25, -0.2) is 13.4 Å². The molecule has 3 aromatic rings. The van der Waals surface area contributed by atoms with Crippen molar-refractivity contribution in [2.75, 3.05) is 10.0 Å². The second-order valence-electron chi connectivity index (χ2n) is 6.75. The van der Waals surface area contributed by atoms with Crippen LogP contribution in [0.15, 0.2) is 59.6 Å². The van der Waals surface area contributed by atoms with Crippen molar-refractivity contribution in [3.05, 3.63) is 77.0 Å². The van der Waals surface area contributed by atoms with Crippen LogP contribution < -0.4 is 10.0 Å². The number of anilines is 3. The van der Waals surface area contributed by atoms with Crippen LogP contribution >= 0.6 is 0 Å². The maximum atomic E-state index is 12.5. The summed E-state index contributed by atoms with van der Waals surface area (Å²) in [7, 11) is -3.63. The zero-order valence-electron chi connectivity index (χ0n) is 15.9. The minimum atomic E-state index is -3.63. The third-order valence-electron chi connectivity index (χ3n) is 4.28. The van der Waals surface area contributed by atoms with Crippen molar-refractivity contribution in [2.45, 2.75) is 32.6 Å². The topological polar surface area (TPSA) is 71.1 Å². The highest BCUT2D eigenvalue weighted by Crippen LogP contribution is 2.25. The number of aromatic nitrogens is 1. The molecule has 140 valence electrons. The first-order valence-corrected chi connectivity index (χ1v) is 10.1. The summed E-state index contributed by atoms with van der Waals surface area (Å²) in [4.78, 5) is 4.56. The molecular weight excluding hydrogens is 358 g/mol. The van der Waals surface area contributed by atoms with Gasteiger partial charge in [-0.1, -0.05) is 35.4 Å². The Labute approximate surface area is 160 Å². The van der Waals surface area contributed by atoms with E-state index in [1.165, 1.54) is 11.8 Å². The Morgan fingerprint density at radius 1 is 0.815 bits per heavy atom. The fraction of sp³-hybridized carbons (Fsp3) is 0.190. The van der Waals surface area contributed by atoms with E-state index in [2.05, 4.69) is 34.1 Å². The summed E-state index contributed by atoms with van der Waals surface area (Å²) in [6.45, 7) is 8.08. The van der Waals surface area contributed by atoms with Crippen molar-refractivity contribution in [1.82, 2.24) is 4.98 Å². The van der Waals surface area contributed by atoms with E-state index in [0.717, 1.165) is 22.4 Å². The molecular formula is C21H23N3O2S. The smallest absolute Gasteiger partial charge is 0.261 e. The SMILES string of the molecule is Cc1ccc(S(=O)(=O)Nc2ccc(Nc3c(C)cc(C)cc3C)nc2)cc1. The third kappa shape index (κ3) is 4.46. The Kier molecular flexibility index (Phi) is 5.19. The van der Waals surface area contributed by atoms with Gasteiger partial charge in [0.05, 0.1) is 16.8 Å². The molecule has 0 aliphatic heterocycles. The maximum Gasteiger partial charge on any atom is 0.261 e. The van der Waals surface area contributed by atoms with Gasteiger partial charge in [-0.3, -0.25) is 4.72 Å². The van der Waals surface area contributed by atoms with Gasteiger partial charge in [0.1, 0.15) is 5.82 Å². The van der Waals surface area contributed by atoms with Gasteiger partial charge in [0.25, 0.3) is 10.0 Å². The molecule has 1 aromatic heterocycles. The number of sulfonamides is 1. The zero-order valence-corrected chi connectivity index (χ0v) is 16.7. The predicted molar refractivity (Wildman–Crippen MR) is 110 cm³/mol. The summed E-state index contributed by atoms with van der Waals surface area (Å²) in [5.74, 6) is 0.656. The Morgan fingerprint density at radius 2 is 1.44 bits per heavy atom. The molecule has 0 fully saturated rings. The second kappa shape index (κ2) is 7.40. The van der Waals surface area contributed by atoms with E-state index < -0.39 is 10.0 Å². The first-order valence-electron chi connectivity index (χ1n) is 8.65. The van der Waals surface area contributed by atoms with E-state index >= 15 is 0 Å². The van der Waals surface area contributed by atoms with E-state index in [-0.39, 0.29) is 4.90 Å². The number of hydrogen-bond donors (Lipinski definition) is 2. The lowest BCUT2D eigenvalue weighted by atomic mass is 10.1. The Balaban J connectivity index is 1.77. The van der Waals surface area contributed by atoms with Crippen LogP contribution in [0.1, 0.15) is 22.3 Å². The van der Waals surface area contributed by atoms with Crippen molar-refractivity contribution < 1.29 is 8.42 Å². The van der Waals surface area contributed by atoms with Gasteiger partial charge in [-0.2, -0.15) is 0 Å². The molecule has 0 saturated heterocycles. The van der Waals surface area contributed by atoms with Crippen molar-refractivity contribution >= 4 is 27.2 Å². The zero-order chi connectivity index (χ0) is 19.6. The molecule has 6 heteroatoms. The van der Waals surface area contributed by atoms with Gasteiger partial charge >= 0.3 is 0 Å². The van der Waals surface area contributed by atoms with Gasteiger partial charge < -0.3 is 5.32 Å². The number of nitrogens with zero attached hydrogens (tertiary/aromatic N) is 1. The fourth-order valence-corrected chi connectivity index (χ4v) is 4.01. The molecule has 0 amide bonds. The lowest BCUT2D eigenvalue weighted by Crippen LogP contribution is -2.13. The summed E-state index contributed by atoms with van der Waals surface area (Å²) >= 11 is 0. The summed E-state index contributed by atoms with van der Waals surface area (Å²) in [6, 6.07) is 14.4. The molecule has 27 heavy (non-hydrogen) atoms. The van der Waals surface area contributed by atoms with Crippen LogP contribution in [0.4, 0.5) is 17.2 Å². The number of pyridine rings is 1. The highest BCUT2D eigenvalue weighted by Gasteiger charge is 2.14. The summed E-state index contributed by atoms with van der Waals surface area (Å²) in [6.07, 6.45) is 1.51. The Bertz CT molecular complexity index is 1030. The van der Waals surface area contributed by atoms with Crippen molar-refractivity contribution in [2.24, 2.45) is 0 Å². The van der Waals surface area contributed by atoms with Gasteiger partial charge in [0.2, 0.25) is 0 Å². The fourth-order valence-electron chi connectivity index (χ4n) is 2.96. The van der Waals surface area contributed by atoms with Crippen LogP contribution in [0.5, 0.6) is 0 Å². The molecule has 0 atom stereocenters. The molecule has 0 aliphatic rings. The van der Waals surface area contributed by atoms with Gasteiger partial charge in [-0.05, 0) is 63.1 Å². The van der Waals surface area contributed by atoms with Gasteiger partial charge in [-0.15, -0.1) is 0 Å². The van der Waals surface area contributed by atoms with Crippen LogP contribution in [0.3, 0.4) is 0 Å². The molecule has 0 aliphatic carbocycles. The first-order chi connectivity index (χ1) is 12.7. The number of rotatable bonds is 5. The molecule has 0 bridgehead atoms. The number of nitrogens with one attached hydrogen (secondary N) is 2. The number of aryl methyl sites for hydroxylation is 4. The van der Waals surface area contributed by atoms with E-state index in [9.17, 15) is 8.42 Å². The minimum absolute atomic E-state index is 0.223. The highest BCUT2D eigenvalue weighted by molar-refractivity contribution is 7.92. The predicted octanol–water partition coefficient (Wildman–Crippen LogP) is 4.86. The normalized spacial score (nSPS) is 11.3. The molecule has 0 saturated carbocycles. The quantitative estimate of drug-likeness (QED) is 0.662. The number of benzene rings is 2. The standard InChI is InChI=1S/C21H23N3O2S/c1-14-5-8-19(9-6-14)27(25,26)24-18-7-10-20(22-13-18)23-21-16(3)11-15(2)12-17(21)4/h5-13,24H,1-4H3,(H,22,23). The van der Waals surface area contributed by atoms with Crippen molar-refractivity contribution in [1.29, 1.82) is 0 Å². The summed E-state index contributed by atoms with van der Waals surface area (Å²) in [5.41, 5.74) is 5.92. The van der Waals surface area contributed by atoms with Crippen LogP contribution in [0.25, 0.3) is 0 Å². The first kappa shape index (κ1) is 18.9. The molecule has 0 spiro atoms. The molecule has 2 N–H and O–H groups in total. The molecule has 1 heterocycles. The largest absolute Gasteiger partial charge is 0.340 e. The van der Waals surface area contributed by atoms with Crippen LogP contribution in [-0.2, 0) is 10.0 Å². The molecule has 0 unspecified atom stereocenters. The summed E-state index contributed by atoms with van der Waals surface area (Å²) in [5, 5.41) is 3.31. The van der Waals surface area contributed by atoms with Gasteiger partial charge in [0.15, 0.2) is 0 Å². The molecule has 3 rings (SSSR count). The van der Waals surface area contributed by atoms with Crippen LogP contribution in [0.2, 0.25) is 0 Å². The van der Waals surface area contributed by atoms with E-state index in [1.807, 2.05) is 20.8 Å². The average Bonchev–Trinajstić information content (AvgIpc) is 2.59. The third-order valence-corrected chi connectivity index (χ3v) is 5.67. The Morgan fingerprint density at radius 3 is 2.00 bits per heavy atom. The minimum Gasteiger partial charge on any atom is -0.340 e. The lowest BCUT2D eigenvalue weighted by Gasteiger charge is -2.14. The molecule has 2 aromatic carbocycles. The average molecular weight is 382 g/mol. The Hall–Kier alpha value is -2.86. The summed E-state index contributed by atoms with van der Waals surface area (Å²) < 4.78 is 27.5. The molecule has 0 radical (unpaired) electrons. The lowest BCUT2D eigenvalue weighted by molar-refractivity contribution is 0.601. The van der Waals surface area contributed by atoms with E-state index in [0.29, 0.717) is 11.5 Å². The van der Waals surface area contributed by atoms with Crippen molar-refractivity contribution in [3.8, 4) is 0 Å². The van der Waals surface area contributed by atoms with Crippen LogP contribution in [-0.4, -0.2) is 13.4 Å². The van der Waals surface area contributed by atoms with Crippen molar-refractivity contribution in [3.63, 3.8) is 0 Å². The number of hydrogen-bond acceptors (Lipinski definition) is 4. The monoisotopic (exact) mass is 381 g/mol.